The average Bonchev–Trinajstić information content (AvgIpc) is 3.05. The molecule has 2 rings (SSSR count). The van der Waals surface area contributed by atoms with E-state index in [-0.39, 0.29) is 10.8 Å². The van der Waals surface area contributed by atoms with Crippen molar-refractivity contribution in [2.75, 3.05) is 20.8 Å². The summed E-state index contributed by atoms with van der Waals surface area (Å²) in [4.78, 5) is 23.3. The summed E-state index contributed by atoms with van der Waals surface area (Å²) >= 11 is 0.953. The number of carbonyl (C=O) groups excluding carboxylic acids is 1. The number of nitrogens with one attached hydrogen (secondary N) is 1. The lowest BCUT2D eigenvalue weighted by molar-refractivity contribution is 0.0702. The SMILES string of the molecule is COc1ccc(OC)c(CCNC(=O)c2ccc(C(=O)O)s2)c1. The number of thiophene rings is 1. The fourth-order valence-electron chi connectivity index (χ4n) is 2.05. The summed E-state index contributed by atoms with van der Waals surface area (Å²) in [6.45, 7) is 0.405. The molecule has 0 aliphatic heterocycles. The van der Waals surface area contributed by atoms with Gasteiger partial charge in [-0.15, -0.1) is 11.3 Å². The molecule has 0 aliphatic rings. The first-order chi connectivity index (χ1) is 11.0. The van der Waals surface area contributed by atoms with E-state index in [0.29, 0.717) is 17.8 Å². The molecule has 23 heavy (non-hydrogen) atoms. The Morgan fingerprint density at radius 3 is 2.48 bits per heavy atom. The van der Waals surface area contributed by atoms with Crippen LogP contribution in [0.2, 0.25) is 0 Å². The molecule has 1 amide bonds. The van der Waals surface area contributed by atoms with Gasteiger partial charge in [-0.1, -0.05) is 0 Å². The third-order valence-electron chi connectivity index (χ3n) is 3.21. The number of carboxylic acids is 1. The van der Waals surface area contributed by atoms with Crippen molar-refractivity contribution in [1.29, 1.82) is 0 Å². The lowest BCUT2D eigenvalue weighted by atomic mass is 10.1. The topological polar surface area (TPSA) is 84.9 Å². The number of aromatic carboxylic acids is 1. The van der Waals surface area contributed by atoms with E-state index < -0.39 is 5.97 Å². The lowest BCUT2D eigenvalue weighted by Crippen LogP contribution is -2.25. The van der Waals surface area contributed by atoms with Gasteiger partial charge in [-0.3, -0.25) is 4.79 Å². The molecule has 1 aromatic heterocycles. The summed E-state index contributed by atoms with van der Waals surface area (Å²) in [6.07, 6.45) is 0.573. The summed E-state index contributed by atoms with van der Waals surface area (Å²) < 4.78 is 10.5. The van der Waals surface area contributed by atoms with Crippen molar-refractivity contribution in [2.24, 2.45) is 0 Å². The van der Waals surface area contributed by atoms with E-state index in [1.807, 2.05) is 12.1 Å². The van der Waals surface area contributed by atoms with Crippen molar-refractivity contribution >= 4 is 23.2 Å². The maximum absolute atomic E-state index is 12.0. The minimum Gasteiger partial charge on any atom is -0.497 e. The van der Waals surface area contributed by atoms with Gasteiger partial charge in [0.1, 0.15) is 16.4 Å². The molecular formula is C16H17NO5S. The van der Waals surface area contributed by atoms with Gasteiger partial charge in [0.15, 0.2) is 0 Å². The Hall–Kier alpha value is -2.54. The zero-order chi connectivity index (χ0) is 16.8. The van der Waals surface area contributed by atoms with Crippen LogP contribution in [0.5, 0.6) is 11.5 Å². The molecule has 0 unspecified atom stereocenters. The number of benzene rings is 1. The van der Waals surface area contributed by atoms with Crippen LogP contribution in [0.15, 0.2) is 30.3 Å². The smallest absolute Gasteiger partial charge is 0.345 e. The molecule has 6 nitrogen and oxygen atoms in total. The van der Waals surface area contributed by atoms with Crippen molar-refractivity contribution in [2.45, 2.75) is 6.42 Å². The largest absolute Gasteiger partial charge is 0.497 e. The predicted molar refractivity (Wildman–Crippen MR) is 86.9 cm³/mol. The van der Waals surface area contributed by atoms with Crippen LogP contribution in [0.1, 0.15) is 24.9 Å². The third-order valence-corrected chi connectivity index (χ3v) is 4.28. The van der Waals surface area contributed by atoms with E-state index in [1.165, 1.54) is 12.1 Å². The first-order valence-electron chi connectivity index (χ1n) is 6.87. The van der Waals surface area contributed by atoms with Crippen molar-refractivity contribution in [3.05, 3.63) is 45.6 Å². The second kappa shape index (κ2) is 7.64. The zero-order valence-corrected chi connectivity index (χ0v) is 13.6. The van der Waals surface area contributed by atoms with Crippen LogP contribution in [0.3, 0.4) is 0 Å². The molecule has 0 saturated carbocycles. The Labute approximate surface area is 137 Å². The Morgan fingerprint density at radius 1 is 1.13 bits per heavy atom. The second-order valence-electron chi connectivity index (χ2n) is 4.65. The fraction of sp³-hybridized carbons (Fsp3) is 0.250. The molecule has 122 valence electrons. The van der Waals surface area contributed by atoms with Crippen molar-refractivity contribution in [3.63, 3.8) is 0 Å². The number of hydrogen-bond donors (Lipinski definition) is 2. The monoisotopic (exact) mass is 335 g/mol. The van der Waals surface area contributed by atoms with Crippen molar-refractivity contribution in [3.8, 4) is 11.5 Å². The lowest BCUT2D eigenvalue weighted by Gasteiger charge is -2.10. The molecule has 2 N–H and O–H groups in total. The molecule has 2 aromatic rings. The number of amides is 1. The Morgan fingerprint density at radius 2 is 1.87 bits per heavy atom. The molecule has 0 bridgehead atoms. The third kappa shape index (κ3) is 4.23. The molecule has 1 heterocycles. The summed E-state index contributed by atoms with van der Waals surface area (Å²) in [7, 11) is 3.17. The van der Waals surface area contributed by atoms with E-state index in [4.69, 9.17) is 14.6 Å². The molecule has 0 saturated heterocycles. The quantitative estimate of drug-likeness (QED) is 0.812. The van der Waals surface area contributed by atoms with Gasteiger partial charge in [-0.2, -0.15) is 0 Å². The molecule has 0 spiro atoms. The van der Waals surface area contributed by atoms with Crippen molar-refractivity contribution in [1.82, 2.24) is 5.32 Å². The Kier molecular flexibility index (Phi) is 5.59. The molecule has 1 aromatic carbocycles. The van der Waals surface area contributed by atoms with E-state index in [2.05, 4.69) is 5.32 Å². The number of methoxy groups -OCH3 is 2. The maximum Gasteiger partial charge on any atom is 0.345 e. The van der Waals surface area contributed by atoms with E-state index >= 15 is 0 Å². The van der Waals surface area contributed by atoms with Gasteiger partial charge >= 0.3 is 5.97 Å². The molecule has 0 atom stereocenters. The van der Waals surface area contributed by atoms with Crippen LogP contribution in [0, 0.1) is 0 Å². The van der Waals surface area contributed by atoms with Gasteiger partial charge in [0.25, 0.3) is 5.91 Å². The van der Waals surface area contributed by atoms with Gasteiger partial charge in [0.2, 0.25) is 0 Å². The van der Waals surface area contributed by atoms with Gasteiger partial charge in [-0.25, -0.2) is 4.79 Å². The zero-order valence-electron chi connectivity index (χ0n) is 12.8. The van der Waals surface area contributed by atoms with Gasteiger partial charge in [0.05, 0.1) is 19.1 Å². The van der Waals surface area contributed by atoms with Crippen LogP contribution >= 0.6 is 11.3 Å². The standard InChI is InChI=1S/C16H17NO5S/c1-21-11-3-4-12(22-2)10(9-11)7-8-17-15(18)13-5-6-14(23-13)16(19)20/h3-6,9H,7-8H2,1-2H3,(H,17,18)(H,19,20). The number of hydrogen-bond acceptors (Lipinski definition) is 5. The Bertz CT molecular complexity index is 710. The van der Waals surface area contributed by atoms with Crippen LogP contribution in [0.4, 0.5) is 0 Å². The van der Waals surface area contributed by atoms with Gasteiger partial charge in [-0.05, 0) is 42.3 Å². The summed E-state index contributed by atoms with van der Waals surface area (Å²) in [6, 6.07) is 8.41. The predicted octanol–water partition coefficient (Wildman–Crippen LogP) is 2.44. The summed E-state index contributed by atoms with van der Waals surface area (Å²) in [5.41, 5.74) is 0.921. The second-order valence-corrected chi connectivity index (χ2v) is 5.74. The van der Waals surface area contributed by atoms with E-state index in [1.54, 1.807) is 20.3 Å². The minimum atomic E-state index is -1.03. The van der Waals surface area contributed by atoms with E-state index in [9.17, 15) is 9.59 Å². The highest BCUT2D eigenvalue weighted by molar-refractivity contribution is 7.15. The first kappa shape index (κ1) is 16.8. The highest BCUT2D eigenvalue weighted by Crippen LogP contribution is 2.24. The van der Waals surface area contributed by atoms with E-state index in [0.717, 1.165) is 28.4 Å². The van der Waals surface area contributed by atoms with Crippen LogP contribution < -0.4 is 14.8 Å². The molecular weight excluding hydrogens is 318 g/mol. The maximum atomic E-state index is 12.0. The number of carboxylic acid groups (broad SMARTS) is 1. The molecule has 7 heteroatoms. The van der Waals surface area contributed by atoms with Crippen LogP contribution in [-0.4, -0.2) is 37.7 Å². The van der Waals surface area contributed by atoms with Gasteiger partial charge in [0, 0.05) is 6.54 Å². The average molecular weight is 335 g/mol. The first-order valence-corrected chi connectivity index (χ1v) is 7.69. The molecule has 0 radical (unpaired) electrons. The van der Waals surface area contributed by atoms with Crippen molar-refractivity contribution < 1.29 is 24.2 Å². The number of carbonyl (C=O) groups is 2. The molecule has 0 aliphatic carbocycles. The Balaban J connectivity index is 1.96. The van der Waals surface area contributed by atoms with Crippen LogP contribution in [-0.2, 0) is 6.42 Å². The minimum absolute atomic E-state index is 0.143. The number of ether oxygens (including phenoxy) is 2. The summed E-state index contributed by atoms with van der Waals surface area (Å²) in [5, 5.41) is 11.6. The fourth-order valence-corrected chi connectivity index (χ4v) is 2.81. The molecule has 0 fully saturated rings. The normalized spacial score (nSPS) is 10.2. The summed E-state index contributed by atoms with van der Waals surface area (Å²) in [5.74, 6) is 0.125. The highest BCUT2D eigenvalue weighted by Gasteiger charge is 2.13. The van der Waals surface area contributed by atoms with Crippen LogP contribution in [0.25, 0.3) is 0 Å². The highest BCUT2D eigenvalue weighted by atomic mass is 32.1. The van der Waals surface area contributed by atoms with Gasteiger partial charge < -0.3 is 19.9 Å². The number of rotatable bonds is 7.